The molecule has 4 N–H and O–H groups in total. The van der Waals surface area contributed by atoms with Crippen molar-refractivity contribution < 1.29 is 67.5 Å². The normalized spacial score (nSPS) is 12.7. The molecular weight excluding hydrogens is 1320 g/mol. The van der Waals surface area contributed by atoms with Crippen LogP contribution in [-0.4, -0.2) is 94.0 Å². The molecule has 7 aromatic rings. The standard InChI is InChI=1S/C63H77N10O9P.3C5H12.Zn/c1-2-3-4-5-6-7-8-9-10-11-14-17-32-54(74)79-42-45(43-81-83(76,77)80-39-36-64)82-55(75)33-18-15-12-13-16-25-37-65-38-40-78-44-34-35-52-53(41-44)63-72-61-51-31-24-23-30-50(51)59(70-61)68-57-47-27-20-19-26-46(47)56(66-57)67-58-48-28-21-22-29-49(48)60(69-58)71-62(52)73-63;3*1-5(2,3)4;/h19-24,26-31,34-35,41,45,65H,2-18,25,32-33,36-40,42-43,64H2,1H3,(H-2,66,67,68,69,70,71,72,73,76,77);3*1-4H3;/q-2;;;;+2/t45-;;;;/m0..../s1. The maximum atomic E-state index is 12.8. The number of benzene rings is 4. The van der Waals surface area contributed by atoms with Crippen LogP contribution in [0.3, 0.4) is 0 Å². The fraction of sp³-hybridized carbons (Fsp3) is 0.564. The van der Waals surface area contributed by atoms with Gasteiger partial charge in [0.15, 0.2) is 6.10 Å². The molecule has 0 aliphatic carbocycles. The number of hydrogen-bond donors (Lipinski definition) is 2. The fourth-order valence-electron chi connectivity index (χ4n) is 10.3. The van der Waals surface area contributed by atoms with E-state index in [1.54, 1.807) is 0 Å². The molecule has 0 radical (unpaired) electrons. The number of nitrogens with zero attached hydrogens (tertiary/aromatic N) is 8. The Morgan fingerprint density at radius 2 is 0.869 bits per heavy atom. The molecule has 0 fully saturated rings. The first-order valence-corrected chi connectivity index (χ1v) is 37.3. The number of carbonyl (C=O) groups is 2. The molecule has 8 bridgehead atoms. The Morgan fingerprint density at radius 3 is 1.30 bits per heavy atom. The largest absolute Gasteiger partial charge is 2.00 e. The second-order valence-corrected chi connectivity index (χ2v) is 31.6. The molecular formula is C78H113N10O9PZn. The summed E-state index contributed by atoms with van der Waals surface area (Å²) < 4.78 is 39.2. The molecule has 19 nitrogen and oxygen atoms in total. The summed E-state index contributed by atoms with van der Waals surface area (Å²) in [5.74, 6) is 1.66. The second kappa shape index (κ2) is 42.2. The van der Waals surface area contributed by atoms with Gasteiger partial charge < -0.3 is 69.1 Å². The van der Waals surface area contributed by atoms with Crippen molar-refractivity contribution in [3.8, 4) is 51.3 Å². The summed E-state index contributed by atoms with van der Waals surface area (Å²) >= 11 is 0. The van der Waals surface area contributed by atoms with E-state index in [0.717, 1.165) is 102 Å². The van der Waals surface area contributed by atoms with Gasteiger partial charge in [-0.1, -0.05) is 259 Å². The first-order valence-electron chi connectivity index (χ1n) is 35.9. The smallest absolute Gasteiger partial charge is 0.756 e. The minimum absolute atomic E-state index is 0. The molecule has 2 aliphatic rings. The Balaban J connectivity index is 0.000000998. The summed E-state index contributed by atoms with van der Waals surface area (Å²) in [5, 5.41) is 6.83. The minimum atomic E-state index is -4.65. The van der Waals surface area contributed by atoms with Crippen LogP contribution in [0.5, 0.6) is 5.75 Å². The Morgan fingerprint density at radius 1 is 0.485 bits per heavy atom. The van der Waals surface area contributed by atoms with Gasteiger partial charge in [-0.05, 0) is 81.8 Å². The Labute approximate surface area is 602 Å². The van der Waals surface area contributed by atoms with Crippen molar-refractivity contribution >= 4 is 63.9 Å². The Hall–Kier alpha value is -6.37. The second-order valence-electron chi connectivity index (χ2n) is 30.2. The van der Waals surface area contributed by atoms with Gasteiger partial charge in [-0.2, -0.15) is 0 Å². The average molecular weight is 1430 g/mol. The number of quaternary nitrogens is 1. The van der Waals surface area contributed by atoms with Crippen LogP contribution >= 0.6 is 7.82 Å². The van der Waals surface area contributed by atoms with Crippen molar-refractivity contribution in [2.45, 2.75) is 225 Å². The number of fused-ring (bicyclic) bond motifs is 20. The fourth-order valence-corrected chi connectivity index (χ4v) is 11.1. The molecule has 0 saturated heterocycles. The van der Waals surface area contributed by atoms with E-state index in [4.69, 9.17) is 63.1 Å². The number of hydrogen-bond acceptors (Lipinski definition) is 16. The maximum absolute atomic E-state index is 12.8. The van der Waals surface area contributed by atoms with Crippen molar-refractivity contribution in [3.05, 3.63) is 91.0 Å². The number of nitrogens with one attached hydrogen (secondary N) is 1. The number of rotatable bonds is 35. The maximum Gasteiger partial charge on any atom is 2.00 e. The third-order valence-electron chi connectivity index (χ3n) is 14.7. The van der Waals surface area contributed by atoms with E-state index < -0.39 is 32.5 Å². The van der Waals surface area contributed by atoms with Crippen molar-refractivity contribution in [1.29, 1.82) is 0 Å². The molecule has 2 atom stereocenters. The molecule has 0 saturated carbocycles. The van der Waals surface area contributed by atoms with E-state index >= 15 is 0 Å². The van der Waals surface area contributed by atoms with Crippen molar-refractivity contribution in [3.63, 3.8) is 0 Å². The van der Waals surface area contributed by atoms with Crippen molar-refractivity contribution in [1.82, 2.24) is 45.2 Å². The zero-order valence-corrected chi connectivity index (χ0v) is 65.8. The summed E-state index contributed by atoms with van der Waals surface area (Å²) in [6, 6.07) is 29.5. The van der Waals surface area contributed by atoms with Crippen LogP contribution in [0.1, 0.15) is 218 Å². The van der Waals surface area contributed by atoms with E-state index in [-0.39, 0.29) is 52.1 Å². The van der Waals surface area contributed by atoms with E-state index in [2.05, 4.69) is 101 Å². The Bertz CT molecular complexity index is 3770. The third-order valence-corrected chi connectivity index (χ3v) is 15.7. The molecule has 4 aromatic carbocycles. The Kier molecular flexibility index (Phi) is 35.5. The number of aromatic nitrogens is 8. The molecule has 5 heterocycles. The number of unbranched alkanes of at least 4 members (excludes halogenated alkanes) is 16. The van der Waals surface area contributed by atoms with Crippen LogP contribution in [0, 0.1) is 16.2 Å². The topological polar surface area (TPSA) is 266 Å². The molecule has 0 spiro atoms. The first-order chi connectivity index (χ1) is 46.7. The van der Waals surface area contributed by atoms with Gasteiger partial charge in [0.1, 0.15) is 25.6 Å². The van der Waals surface area contributed by atoms with Crippen molar-refractivity contribution in [2.24, 2.45) is 16.2 Å². The predicted octanol–water partition coefficient (Wildman–Crippen LogP) is 17.3. The van der Waals surface area contributed by atoms with Gasteiger partial charge in [0.25, 0.3) is 7.82 Å². The zero-order chi connectivity index (χ0) is 71.1. The van der Waals surface area contributed by atoms with E-state index in [0.29, 0.717) is 93.9 Å². The van der Waals surface area contributed by atoms with Gasteiger partial charge in [0, 0.05) is 64.2 Å². The van der Waals surface area contributed by atoms with Crippen LogP contribution in [0.2, 0.25) is 0 Å². The van der Waals surface area contributed by atoms with Gasteiger partial charge in [-0.15, -0.1) is 0 Å². The van der Waals surface area contributed by atoms with Gasteiger partial charge in [0.2, 0.25) is 0 Å². The number of phosphoric acid groups is 1. The molecule has 21 heteroatoms. The number of ether oxygens (including phenoxy) is 3. The van der Waals surface area contributed by atoms with E-state index in [1.807, 2.05) is 91.0 Å². The van der Waals surface area contributed by atoms with Gasteiger partial charge >= 0.3 is 31.4 Å². The third kappa shape index (κ3) is 31.6. The average Bonchev–Trinajstić information content (AvgIpc) is 1.61. The van der Waals surface area contributed by atoms with Crippen LogP contribution in [-0.2, 0) is 52.2 Å². The zero-order valence-electron chi connectivity index (χ0n) is 61.9. The molecule has 0 amide bonds. The van der Waals surface area contributed by atoms with E-state index in [9.17, 15) is 19.0 Å². The molecule has 99 heavy (non-hydrogen) atoms. The van der Waals surface area contributed by atoms with Crippen LogP contribution in [0.4, 0.5) is 0 Å². The monoisotopic (exact) mass is 1430 g/mol. The summed E-state index contributed by atoms with van der Waals surface area (Å²) in [6.45, 7) is 29.7. The molecule has 3 aromatic heterocycles. The summed E-state index contributed by atoms with van der Waals surface area (Å²) in [7, 11) is -4.65. The quantitative estimate of drug-likeness (QED) is 0.0162. The van der Waals surface area contributed by atoms with E-state index in [1.165, 1.54) is 51.4 Å². The number of esters is 2. The van der Waals surface area contributed by atoms with Crippen molar-refractivity contribution in [2.75, 3.05) is 46.1 Å². The predicted molar refractivity (Wildman–Crippen MR) is 394 cm³/mol. The molecule has 2 aliphatic heterocycles. The first kappa shape index (κ1) is 83.3. The number of phosphoric ester groups is 1. The van der Waals surface area contributed by atoms with Crippen LogP contribution < -0.4 is 30.6 Å². The summed E-state index contributed by atoms with van der Waals surface area (Å²) in [5.41, 5.74) is 10.3. The molecule has 536 valence electrons. The minimum Gasteiger partial charge on any atom is -0.756 e. The number of carbonyl (C=O) groups excluding carboxylic acids is 2. The summed E-state index contributed by atoms with van der Waals surface area (Å²) in [4.78, 5) is 77.7. The van der Waals surface area contributed by atoms with Gasteiger partial charge in [-0.25, -0.2) is 9.97 Å². The van der Waals surface area contributed by atoms with Crippen LogP contribution in [0.15, 0.2) is 91.0 Å². The summed E-state index contributed by atoms with van der Waals surface area (Å²) in [6.07, 6.45) is 18.9. The van der Waals surface area contributed by atoms with Gasteiger partial charge in [-0.3, -0.25) is 14.2 Å². The molecule has 1 unspecified atom stereocenters. The van der Waals surface area contributed by atoms with Gasteiger partial charge in [0.05, 0.1) is 36.4 Å². The molecule has 9 rings (SSSR count). The SMILES string of the molecule is CC(C)(C)C.CC(C)(C)C.CC(C)(C)C.CCCCCCCCCCCCCCC(=O)OC[C@@H](COP(=O)([O-])OCC[NH3+])OC(=O)CCCCCCCCNCCOc1ccc2c(c1)-c1nc-2nc2[n-]c(nc3nc(nc4[n-]c(n1)c1ccccc41)-c1ccccc1-3)c1ccccc21.[Zn+2]. The van der Waals surface area contributed by atoms with Crippen LogP contribution in [0.25, 0.3) is 89.7 Å².